The van der Waals surface area contributed by atoms with Gasteiger partial charge in [-0.1, -0.05) is 17.7 Å². The van der Waals surface area contributed by atoms with Crippen molar-refractivity contribution in [2.45, 2.75) is 19.4 Å². The lowest BCUT2D eigenvalue weighted by atomic mass is 10.1. The first kappa shape index (κ1) is 22.5. The number of benzene rings is 1. The van der Waals surface area contributed by atoms with Crippen molar-refractivity contribution in [2.75, 3.05) is 36.4 Å². The smallest absolute Gasteiger partial charge is 0.229 e. The highest BCUT2D eigenvalue weighted by atomic mass is 35.5. The summed E-state index contributed by atoms with van der Waals surface area (Å²) < 4.78 is 16.2. The van der Waals surface area contributed by atoms with Gasteiger partial charge < -0.3 is 20.6 Å². The van der Waals surface area contributed by atoms with Gasteiger partial charge in [-0.15, -0.1) is 0 Å². The minimum absolute atomic E-state index is 0.271. The Labute approximate surface area is 201 Å². The molecule has 0 aliphatic carbocycles. The van der Waals surface area contributed by atoms with Crippen molar-refractivity contribution in [1.82, 2.24) is 24.8 Å². The molecule has 0 atom stereocenters. The van der Waals surface area contributed by atoms with Gasteiger partial charge in [-0.3, -0.25) is 4.57 Å². The minimum atomic E-state index is -1.13. The lowest BCUT2D eigenvalue weighted by Gasteiger charge is -2.30. The zero-order valence-corrected chi connectivity index (χ0v) is 19.6. The molecule has 176 valence electrons. The van der Waals surface area contributed by atoms with Crippen LogP contribution in [-0.2, 0) is 5.60 Å². The van der Waals surface area contributed by atoms with Crippen molar-refractivity contribution in [3.05, 3.63) is 65.3 Å². The molecule has 1 saturated heterocycles. The van der Waals surface area contributed by atoms with E-state index in [4.69, 9.17) is 11.6 Å². The van der Waals surface area contributed by atoms with Gasteiger partial charge >= 0.3 is 0 Å². The molecule has 34 heavy (non-hydrogen) atoms. The first-order chi connectivity index (χ1) is 16.3. The molecule has 3 N–H and O–H groups in total. The molecule has 4 aromatic rings. The predicted molar refractivity (Wildman–Crippen MR) is 132 cm³/mol. The maximum atomic E-state index is 14.6. The summed E-state index contributed by atoms with van der Waals surface area (Å²) in [6.07, 6.45) is 2.76. The summed E-state index contributed by atoms with van der Waals surface area (Å²) in [6, 6.07) is 11.0. The molecular formula is C24H25ClFN7O. The number of piperazine rings is 1. The van der Waals surface area contributed by atoms with Crippen LogP contribution in [-0.4, -0.2) is 50.8 Å². The number of fused-ring (bicyclic) bond motifs is 1. The average molecular weight is 482 g/mol. The van der Waals surface area contributed by atoms with Crippen LogP contribution in [0.25, 0.3) is 16.9 Å². The summed E-state index contributed by atoms with van der Waals surface area (Å²) >= 11 is 6.56. The highest BCUT2D eigenvalue weighted by Gasteiger charge is 2.20. The summed E-state index contributed by atoms with van der Waals surface area (Å²) in [5.41, 5.74) is 1.41. The Bertz CT molecular complexity index is 1350. The fourth-order valence-corrected chi connectivity index (χ4v) is 4.28. The zero-order valence-electron chi connectivity index (χ0n) is 18.9. The molecule has 0 amide bonds. The number of anilines is 3. The maximum Gasteiger partial charge on any atom is 0.229 e. The number of rotatable bonds is 5. The molecule has 0 radical (unpaired) electrons. The van der Waals surface area contributed by atoms with Crippen molar-refractivity contribution in [1.29, 1.82) is 0 Å². The largest absolute Gasteiger partial charge is 0.384 e. The maximum absolute atomic E-state index is 14.6. The minimum Gasteiger partial charge on any atom is -0.384 e. The third-order valence-corrected chi connectivity index (χ3v) is 6.07. The highest BCUT2D eigenvalue weighted by molar-refractivity contribution is 6.33. The van der Waals surface area contributed by atoms with Crippen molar-refractivity contribution < 1.29 is 9.50 Å². The van der Waals surface area contributed by atoms with Crippen molar-refractivity contribution in [3.8, 4) is 5.82 Å². The number of nitrogens with one attached hydrogen (secondary N) is 2. The van der Waals surface area contributed by atoms with E-state index < -0.39 is 11.4 Å². The molecule has 1 fully saturated rings. The molecule has 1 aliphatic heterocycles. The quantitative estimate of drug-likeness (QED) is 0.397. The summed E-state index contributed by atoms with van der Waals surface area (Å²) in [7, 11) is 0. The summed E-state index contributed by atoms with van der Waals surface area (Å²) in [4.78, 5) is 15.6. The van der Waals surface area contributed by atoms with Crippen molar-refractivity contribution >= 4 is 40.0 Å². The van der Waals surface area contributed by atoms with Crippen LogP contribution in [0.15, 0.2) is 48.8 Å². The third kappa shape index (κ3) is 4.42. The first-order valence-electron chi connectivity index (χ1n) is 11.1. The Hall–Kier alpha value is -3.27. The molecule has 4 heterocycles. The molecule has 1 aromatic carbocycles. The fourth-order valence-electron chi connectivity index (χ4n) is 3.98. The van der Waals surface area contributed by atoms with Crippen LogP contribution < -0.4 is 15.5 Å². The van der Waals surface area contributed by atoms with Crippen LogP contribution in [0, 0.1) is 5.82 Å². The number of hydrogen-bond acceptors (Lipinski definition) is 7. The predicted octanol–water partition coefficient (Wildman–Crippen LogP) is 3.99. The molecule has 5 rings (SSSR count). The monoisotopic (exact) mass is 481 g/mol. The molecule has 0 saturated carbocycles. The molecule has 1 aliphatic rings. The van der Waals surface area contributed by atoms with Crippen LogP contribution in [0.3, 0.4) is 0 Å². The number of aliphatic hydroxyl groups is 1. The zero-order chi connectivity index (χ0) is 23.9. The Morgan fingerprint density at radius 2 is 1.94 bits per heavy atom. The number of aromatic nitrogens is 4. The second kappa shape index (κ2) is 8.83. The molecule has 3 aromatic heterocycles. The molecule has 0 unspecified atom stereocenters. The molecule has 8 nitrogen and oxygen atoms in total. The topological polar surface area (TPSA) is 91.1 Å². The second-order valence-electron chi connectivity index (χ2n) is 8.75. The first-order valence-corrected chi connectivity index (χ1v) is 11.4. The standard InChI is InChI=1S/C24H25ClFN7O/c1-24(2,34)20-4-3-5-21(30-20)33-14-18(26)16-13-28-23(31-22(16)33)29-15-6-7-19(17(25)12-15)32-10-8-27-9-11-32/h3-7,12-14,27,34H,8-11H2,1-2H3,(H,28,29,31). The van der Waals surface area contributed by atoms with E-state index in [-0.39, 0.29) is 5.39 Å². The fraction of sp³-hybridized carbons (Fsp3) is 0.292. The van der Waals surface area contributed by atoms with Crippen LogP contribution in [0.1, 0.15) is 19.5 Å². The van der Waals surface area contributed by atoms with E-state index in [2.05, 4.69) is 30.5 Å². The van der Waals surface area contributed by atoms with Gasteiger partial charge in [0, 0.05) is 44.3 Å². The van der Waals surface area contributed by atoms with Gasteiger partial charge in [0.25, 0.3) is 0 Å². The lowest BCUT2D eigenvalue weighted by Crippen LogP contribution is -2.43. The van der Waals surface area contributed by atoms with E-state index in [1.807, 2.05) is 18.2 Å². The van der Waals surface area contributed by atoms with Crippen LogP contribution in [0.5, 0.6) is 0 Å². The van der Waals surface area contributed by atoms with E-state index >= 15 is 0 Å². The van der Waals surface area contributed by atoms with Gasteiger partial charge in [-0.2, -0.15) is 4.98 Å². The SMILES string of the molecule is CC(C)(O)c1cccc(-n2cc(F)c3cnc(Nc4ccc(N5CCNCC5)c(Cl)c4)nc32)n1. The Kier molecular flexibility index (Phi) is 5.85. The van der Waals surface area contributed by atoms with Gasteiger partial charge in [0.05, 0.1) is 21.8 Å². The molecule has 0 spiro atoms. The highest BCUT2D eigenvalue weighted by Crippen LogP contribution is 2.31. The van der Waals surface area contributed by atoms with Crippen molar-refractivity contribution in [2.24, 2.45) is 0 Å². The van der Waals surface area contributed by atoms with Crippen LogP contribution in [0.4, 0.5) is 21.7 Å². The third-order valence-electron chi connectivity index (χ3n) is 5.77. The number of halogens is 2. The Balaban J connectivity index is 1.46. The van der Waals surface area contributed by atoms with E-state index in [1.165, 1.54) is 12.4 Å². The summed E-state index contributed by atoms with van der Waals surface area (Å²) in [5.74, 6) is 0.290. The van der Waals surface area contributed by atoms with Crippen LogP contribution >= 0.6 is 11.6 Å². The number of nitrogens with zero attached hydrogens (tertiary/aromatic N) is 5. The van der Waals surface area contributed by atoms with Gasteiger partial charge in [0.15, 0.2) is 11.5 Å². The summed E-state index contributed by atoms with van der Waals surface area (Å²) in [5, 5.41) is 17.7. The molecule has 0 bridgehead atoms. The molecule has 10 heteroatoms. The normalized spacial score (nSPS) is 14.6. The average Bonchev–Trinajstić information content (AvgIpc) is 3.15. The van der Waals surface area contributed by atoms with E-state index in [0.717, 1.165) is 37.6 Å². The van der Waals surface area contributed by atoms with Gasteiger partial charge in [0.2, 0.25) is 5.95 Å². The molecular weight excluding hydrogens is 457 g/mol. The van der Waals surface area contributed by atoms with E-state index in [1.54, 1.807) is 36.6 Å². The Morgan fingerprint density at radius 1 is 1.15 bits per heavy atom. The van der Waals surface area contributed by atoms with Gasteiger partial charge in [-0.05, 0) is 44.2 Å². The lowest BCUT2D eigenvalue weighted by molar-refractivity contribution is 0.0738. The summed E-state index contributed by atoms with van der Waals surface area (Å²) in [6.45, 7) is 6.95. The Morgan fingerprint density at radius 3 is 2.68 bits per heavy atom. The van der Waals surface area contributed by atoms with E-state index in [9.17, 15) is 9.50 Å². The van der Waals surface area contributed by atoms with E-state index in [0.29, 0.717) is 28.1 Å². The van der Waals surface area contributed by atoms with Gasteiger partial charge in [0.1, 0.15) is 11.4 Å². The number of pyridine rings is 1. The van der Waals surface area contributed by atoms with Gasteiger partial charge in [-0.25, -0.2) is 14.4 Å². The van der Waals surface area contributed by atoms with Crippen LogP contribution in [0.2, 0.25) is 5.02 Å². The second-order valence-corrected chi connectivity index (χ2v) is 9.15. The van der Waals surface area contributed by atoms with Crippen molar-refractivity contribution in [3.63, 3.8) is 0 Å². The number of hydrogen-bond donors (Lipinski definition) is 3.